The molecule has 0 aliphatic carbocycles. The average Bonchev–Trinajstić information content (AvgIpc) is 2.51. The van der Waals surface area contributed by atoms with Crippen molar-refractivity contribution in [3.05, 3.63) is 0 Å². The fourth-order valence-electron chi connectivity index (χ4n) is 0.429. The van der Waals surface area contributed by atoms with Crippen molar-refractivity contribution < 1.29 is 0 Å². The zero-order valence-corrected chi connectivity index (χ0v) is 4.78. The number of nitrogens with one attached hydrogen (secondary N) is 1. The van der Waals surface area contributed by atoms with Crippen LogP contribution in [0.4, 0.5) is 0 Å². The molecule has 1 heterocycles. The summed E-state index contributed by atoms with van der Waals surface area (Å²) in [6, 6.07) is 0.488. The van der Waals surface area contributed by atoms with E-state index in [0.29, 0.717) is 12.6 Å². The van der Waals surface area contributed by atoms with Gasteiger partial charge in [-0.15, -0.1) is 5.92 Å². The lowest BCUT2D eigenvalue weighted by atomic mass is 10.4. The van der Waals surface area contributed by atoms with E-state index in [1.165, 1.54) is 0 Å². The molecule has 0 spiro atoms. The Balaban J connectivity index is 2.05. The van der Waals surface area contributed by atoms with Crippen molar-refractivity contribution in [1.82, 2.24) is 5.32 Å². The van der Waals surface area contributed by atoms with Crippen molar-refractivity contribution in [2.24, 2.45) is 5.73 Å². The molecule has 1 unspecified atom stereocenters. The number of nitrogens with two attached hydrogens (primary N) is 1. The van der Waals surface area contributed by atoms with Gasteiger partial charge in [0.25, 0.3) is 0 Å². The summed E-state index contributed by atoms with van der Waals surface area (Å²) >= 11 is 0. The minimum absolute atomic E-state index is 0.488. The van der Waals surface area contributed by atoms with E-state index in [1.54, 1.807) is 0 Å². The van der Waals surface area contributed by atoms with Crippen LogP contribution in [0.5, 0.6) is 0 Å². The van der Waals surface area contributed by atoms with Gasteiger partial charge in [0.05, 0.1) is 6.04 Å². The highest BCUT2D eigenvalue weighted by Crippen LogP contribution is 1.91. The maximum atomic E-state index is 5.21. The zero-order chi connectivity index (χ0) is 5.82. The molecule has 1 fully saturated rings. The minimum atomic E-state index is 0.488. The van der Waals surface area contributed by atoms with Gasteiger partial charge < -0.3 is 11.1 Å². The molecular formula is C6H10N2. The van der Waals surface area contributed by atoms with Crippen LogP contribution in [0.2, 0.25) is 0 Å². The molecule has 0 aromatic carbocycles. The molecule has 1 saturated heterocycles. The summed E-state index contributed by atoms with van der Waals surface area (Å²) in [7, 11) is 0. The van der Waals surface area contributed by atoms with E-state index in [9.17, 15) is 0 Å². The Morgan fingerprint density at radius 3 is 3.00 bits per heavy atom. The van der Waals surface area contributed by atoms with E-state index >= 15 is 0 Å². The third-order valence-electron chi connectivity index (χ3n) is 0.954. The molecule has 3 N–H and O–H groups in total. The van der Waals surface area contributed by atoms with Gasteiger partial charge >= 0.3 is 0 Å². The fraction of sp³-hybridized carbons (Fsp3) is 0.667. The Kier molecular flexibility index (Phi) is 1.90. The molecule has 1 rings (SSSR count). The van der Waals surface area contributed by atoms with E-state index in [4.69, 9.17) is 5.73 Å². The predicted octanol–water partition coefficient (Wildman–Crippen LogP) is -0.690. The molecule has 0 saturated carbocycles. The topological polar surface area (TPSA) is 48.0 Å². The van der Waals surface area contributed by atoms with Gasteiger partial charge in [0.15, 0.2) is 0 Å². The molecule has 8 heavy (non-hydrogen) atoms. The first-order valence-electron chi connectivity index (χ1n) is 2.85. The zero-order valence-electron chi connectivity index (χ0n) is 4.78. The molecule has 2 heteroatoms. The van der Waals surface area contributed by atoms with Crippen molar-refractivity contribution in [3.63, 3.8) is 0 Å². The molecule has 1 atom stereocenters. The molecule has 0 aromatic heterocycles. The van der Waals surface area contributed by atoms with Crippen molar-refractivity contribution in [3.8, 4) is 11.8 Å². The van der Waals surface area contributed by atoms with Gasteiger partial charge in [0, 0.05) is 19.5 Å². The van der Waals surface area contributed by atoms with Crippen molar-refractivity contribution in [1.29, 1.82) is 0 Å². The molecule has 0 amide bonds. The first kappa shape index (κ1) is 5.61. The lowest BCUT2D eigenvalue weighted by Crippen LogP contribution is -1.95. The lowest BCUT2D eigenvalue weighted by molar-refractivity contribution is 1.03. The lowest BCUT2D eigenvalue weighted by Gasteiger charge is -1.76. The number of hydrogen-bond acceptors (Lipinski definition) is 2. The second-order valence-electron chi connectivity index (χ2n) is 1.82. The van der Waals surface area contributed by atoms with E-state index in [1.807, 2.05) is 0 Å². The van der Waals surface area contributed by atoms with Crippen LogP contribution in [0, 0.1) is 11.8 Å². The average molecular weight is 110 g/mol. The van der Waals surface area contributed by atoms with Gasteiger partial charge in [-0.05, 0) is 0 Å². The first-order chi connectivity index (χ1) is 3.93. The predicted molar refractivity (Wildman–Crippen MR) is 33.2 cm³/mol. The summed E-state index contributed by atoms with van der Waals surface area (Å²) in [6.45, 7) is 1.75. The molecule has 0 bridgehead atoms. The van der Waals surface area contributed by atoms with E-state index in [0.717, 1.165) is 13.0 Å². The fourth-order valence-corrected chi connectivity index (χ4v) is 0.429. The van der Waals surface area contributed by atoms with Crippen molar-refractivity contribution in [2.75, 3.05) is 13.1 Å². The molecule has 44 valence electrons. The smallest absolute Gasteiger partial charge is 0.0817 e. The van der Waals surface area contributed by atoms with E-state index in [-0.39, 0.29) is 0 Å². The summed E-state index contributed by atoms with van der Waals surface area (Å²) in [5, 5.41) is 3.08. The van der Waals surface area contributed by atoms with Gasteiger partial charge in [0.2, 0.25) is 0 Å². The van der Waals surface area contributed by atoms with Gasteiger partial charge in [-0.3, -0.25) is 0 Å². The Labute approximate surface area is 49.4 Å². The molecular weight excluding hydrogens is 100 g/mol. The van der Waals surface area contributed by atoms with Gasteiger partial charge in [-0.25, -0.2) is 0 Å². The van der Waals surface area contributed by atoms with Crippen LogP contribution in [0.3, 0.4) is 0 Å². The summed E-state index contributed by atoms with van der Waals surface area (Å²) in [5.41, 5.74) is 5.21. The largest absolute Gasteiger partial charge is 0.330 e. The van der Waals surface area contributed by atoms with Crippen molar-refractivity contribution in [2.45, 2.75) is 12.5 Å². The van der Waals surface area contributed by atoms with Crippen LogP contribution < -0.4 is 11.1 Å². The highest BCUT2D eigenvalue weighted by atomic mass is 15.1. The van der Waals surface area contributed by atoms with Crippen LogP contribution in [-0.4, -0.2) is 19.1 Å². The molecule has 1 aliphatic heterocycles. The summed E-state index contributed by atoms with van der Waals surface area (Å²) in [6.07, 6.45) is 0.832. The SMILES string of the molecule is NCCC#CC1CN1. The second-order valence-corrected chi connectivity index (χ2v) is 1.82. The highest BCUT2D eigenvalue weighted by molar-refractivity contribution is 5.14. The molecule has 0 radical (unpaired) electrons. The van der Waals surface area contributed by atoms with Crippen LogP contribution in [-0.2, 0) is 0 Å². The molecule has 2 nitrogen and oxygen atoms in total. The van der Waals surface area contributed by atoms with E-state index < -0.39 is 0 Å². The van der Waals surface area contributed by atoms with Crippen molar-refractivity contribution >= 4 is 0 Å². The van der Waals surface area contributed by atoms with Gasteiger partial charge in [0.1, 0.15) is 0 Å². The maximum absolute atomic E-state index is 5.21. The quantitative estimate of drug-likeness (QED) is 0.347. The van der Waals surface area contributed by atoms with E-state index in [2.05, 4.69) is 17.2 Å². The third kappa shape index (κ3) is 1.97. The van der Waals surface area contributed by atoms with Crippen LogP contribution in [0.25, 0.3) is 0 Å². The number of hydrogen-bond donors (Lipinski definition) is 2. The Bertz CT molecular complexity index is 116. The summed E-state index contributed by atoms with van der Waals surface area (Å²) in [5.74, 6) is 5.98. The highest BCUT2D eigenvalue weighted by Gasteiger charge is 2.15. The monoisotopic (exact) mass is 110 g/mol. The van der Waals surface area contributed by atoms with Gasteiger partial charge in [-0.1, -0.05) is 5.92 Å². The van der Waals surface area contributed by atoms with Gasteiger partial charge in [-0.2, -0.15) is 0 Å². The molecule has 1 aliphatic rings. The normalized spacial score (nSPS) is 23.9. The molecule has 0 aromatic rings. The van der Waals surface area contributed by atoms with Crippen LogP contribution in [0.1, 0.15) is 6.42 Å². The second kappa shape index (κ2) is 2.71. The first-order valence-corrected chi connectivity index (χ1v) is 2.85. The van der Waals surface area contributed by atoms with Crippen LogP contribution >= 0.6 is 0 Å². The summed E-state index contributed by atoms with van der Waals surface area (Å²) < 4.78 is 0. The Morgan fingerprint density at radius 1 is 1.75 bits per heavy atom. The minimum Gasteiger partial charge on any atom is -0.330 e. The third-order valence-corrected chi connectivity index (χ3v) is 0.954. The maximum Gasteiger partial charge on any atom is 0.0817 e. The Morgan fingerprint density at radius 2 is 2.50 bits per heavy atom. The standard InChI is InChI=1S/C6H10N2/c7-4-2-1-3-6-5-8-6/h6,8H,2,4-5,7H2. The number of rotatable bonds is 1. The van der Waals surface area contributed by atoms with Crippen LogP contribution in [0.15, 0.2) is 0 Å². The Hall–Kier alpha value is -0.520. The summed E-state index contributed by atoms with van der Waals surface area (Å²) in [4.78, 5) is 0.